The number of piperidine rings is 1. The number of carboxylic acids is 1. The van der Waals surface area contributed by atoms with E-state index in [1.54, 1.807) is 0 Å². The number of nitrogens with zero attached hydrogens (tertiary/aromatic N) is 1. The van der Waals surface area contributed by atoms with E-state index < -0.39 is 33.7 Å². The summed E-state index contributed by atoms with van der Waals surface area (Å²) >= 11 is 0. The van der Waals surface area contributed by atoms with Crippen molar-refractivity contribution in [3.63, 3.8) is 0 Å². The van der Waals surface area contributed by atoms with Gasteiger partial charge in [0.15, 0.2) is 0 Å². The molecule has 0 amide bonds. The van der Waals surface area contributed by atoms with Crippen LogP contribution in [0.1, 0.15) is 19.8 Å². The highest BCUT2D eigenvalue weighted by Gasteiger charge is 2.40. The highest BCUT2D eigenvalue weighted by Crippen LogP contribution is 2.27. The average molecular weight is 257 g/mol. The Bertz CT molecular complexity index is 370. The van der Waals surface area contributed by atoms with Gasteiger partial charge in [-0.15, -0.1) is 0 Å². The van der Waals surface area contributed by atoms with Crippen LogP contribution in [-0.4, -0.2) is 42.1 Å². The molecule has 0 aromatic heterocycles. The van der Waals surface area contributed by atoms with E-state index >= 15 is 0 Å². The van der Waals surface area contributed by atoms with E-state index in [9.17, 15) is 22.0 Å². The van der Waals surface area contributed by atoms with Crippen LogP contribution >= 0.6 is 0 Å². The molecule has 1 fully saturated rings. The van der Waals surface area contributed by atoms with Crippen LogP contribution in [0.4, 0.5) is 8.78 Å². The maximum Gasteiger partial charge on any atom is 0.350 e. The van der Waals surface area contributed by atoms with Crippen LogP contribution in [0.5, 0.6) is 0 Å². The van der Waals surface area contributed by atoms with Gasteiger partial charge in [-0.1, -0.05) is 0 Å². The van der Waals surface area contributed by atoms with Gasteiger partial charge in [-0.25, -0.2) is 8.42 Å². The summed E-state index contributed by atoms with van der Waals surface area (Å²) in [5.74, 6) is -5.11. The topological polar surface area (TPSA) is 74.7 Å². The van der Waals surface area contributed by atoms with Gasteiger partial charge in [0, 0.05) is 12.6 Å². The van der Waals surface area contributed by atoms with Gasteiger partial charge in [-0.3, -0.25) is 4.79 Å². The summed E-state index contributed by atoms with van der Waals surface area (Å²) in [6.07, 6.45) is 0.146. The Labute approximate surface area is 92.1 Å². The maximum atomic E-state index is 12.3. The number of alkyl halides is 2. The van der Waals surface area contributed by atoms with E-state index in [1.807, 2.05) is 0 Å². The smallest absolute Gasteiger partial charge is 0.350 e. The van der Waals surface area contributed by atoms with Crippen LogP contribution in [0.2, 0.25) is 0 Å². The highest BCUT2D eigenvalue weighted by atomic mass is 32.2. The van der Waals surface area contributed by atoms with E-state index in [0.29, 0.717) is 4.31 Å². The molecule has 94 valence electrons. The van der Waals surface area contributed by atoms with Crippen molar-refractivity contribution in [2.24, 2.45) is 5.92 Å². The Hall–Kier alpha value is -0.760. The van der Waals surface area contributed by atoms with Crippen LogP contribution < -0.4 is 0 Å². The molecule has 1 rings (SSSR count). The van der Waals surface area contributed by atoms with Crippen LogP contribution in [0.25, 0.3) is 0 Å². The second kappa shape index (κ2) is 4.62. The fraction of sp³-hybridized carbons (Fsp3) is 0.875. The second-order valence-electron chi connectivity index (χ2n) is 3.82. The van der Waals surface area contributed by atoms with Gasteiger partial charge in [0.2, 0.25) is 0 Å². The minimum atomic E-state index is -4.59. The number of rotatable bonds is 3. The largest absolute Gasteiger partial charge is 0.481 e. The van der Waals surface area contributed by atoms with Crippen molar-refractivity contribution in [1.29, 1.82) is 0 Å². The predicted octanol–water partition coefficient (Wildman–Crippen LogP) is 0.724. The SMILES string of the molecule is CC1CC(C(=O)O)CCN1S(=O)(=O)C(F)F. The molecule has 0 spiro atoms. The molecule has 8 heteroatoms. The molecule has 0 bridgehead atoms. The highest BCUT2D eigenvalue weighted by molar-refractivity contribution is 7.89. The van der Waals surface area contributed by atoms with Gasteiger partial charge in [0.1, 0.15) is 0 Å². The van der Waals surface area contributed by atoms with Crippen LogP contribution in [0.15, 0.2) is 0 Å². The van der Waals surface area contributed by atoms with Crippen molar-refractivity contribution in [2.75, 3.05) is 6.54 Å². The standard InChI is InChI=1S/C8H13F2NO4S/c1-5-4-6(7(12)13)2-3-11(5)16(14,15)8(9)10/h5-6,8H,2-4H2,1H3,(H,12,13). The number of aliphatic carboxylic acids is 1. The first-order chi connectivity index (χ1) is 7.26. The Balaban J connectivity index is 2.79. The zero-order valence-electron chi connectivity index (χ0n) is 8.64. The van der Waals surface area contributed by atoms with Gasteiger partial charge < -0.3 is 5.11 Å². The van der Waals surface area contributed by atoms with E-state index in [1.165, 1.54) is 6.92 Å². The van der Waals surface area contributed by atoms with Gasteiger partial charge >= 0.3 is 11.7 Å². The first kappa shape index (κ1) is 13.3. The molecular formula is C8H13F2NO4S. The maximum absolute atomic E-state index is 12.3. The second-order valence-corrected chi connectivity index (χ2v) is 5.68. The van der Waals surface area contributed by atoms with Gasteiger partial charge in [0.25, 0.3) is 10.0 Å². The van der Waals surface area contributed by atoms with E-state index in [0.717, 1.165) is 0 Å². The molecule has 1 aliphatic heterocycles. The zero-order chi connectivity index (χ0) is 12.5. The summed E-state index contributed by atoms with van der Waals surface area (Å²) in [4.78, 5) is 10.7. The monoisotopic (exact) mass is 257 g/mol. The normalized spacial score (nSPS) is 28.2. The average Bonchev–Trinajstić information content (AvgIpc) is 2.16. The summed E-state index contributed by atoms with van der Waals surface area (Å²) in [6.45, 7) is 1.28. The lowest BCUT2D eigenvalue weighted by Gasteiger charge is -2.34. The van der Waals surface area contributed by atoms with Gasteiger partial charge in [0.05, 0.1) is 5.92 Å². The number of hydrogen-bond acceptors (Lipinski definition) is 3. The minimum absolute atomic E-state index is 0.0707. The summed E-state index contributed by atoms with van der Waals surface area (Å²) < 4.78 is 47.7. The van der Waals surface area contributed by atoms with Crippen molar-refractivity contribution in [3.05, 3.63) is 0 Å². The van der Waals surface area contributed by atoms with Crippen molar-refractivity contribution >= 4 is 16.0 Å². The zero-order valence-corrected chi connectivity index (χ0v) is 9.45. The Morgan fingerprint density at radius 3 is 2.44 bits per heavy atom. The third-order valence-corrected chi connectivity index (χ3v) is 4.36. The van der Waals surface area contributed by atoms with Crippen molar-refractivity contribution in [3.8, 4) is 0 Å². The molecule has 1 saturated heterocycles. The fourth-order valence-corrected chi connectivity index (χ4v) is 3.01. The molecule has 1 N–H and O–H groups in total. The number of hydrogen-bond donors (Lipinski definition) is 1. The quantitative estimate of drug-likeness (QED) is 0.808. The third kappa shape index (κ3) is 2.49. The third-order valence-electron chi connectivity index (χ3n) is 2.72. The van der Waals surface area contributed by atoms with Crippen LogP contribution in [0, 0.1) is 5.92 Å². The first-order valence-corrected chi connectivity index (χ1v) is 6.28. The number of carboxylic acid groups (broad SMARTS) is 1. The summed E-state index contributed by atoms with van der Waals surface area (Å²) in [5.41, 5.74) is 0. The van der Waals surface area contributed by atoms with Gasteiger partial charge in [-0.2, -0.15) is 13.1 Å². The van der Waals surface area contributed by atoms with Crippen LogP contribution in [0.3, 0.4) is 0 Å². The van der Waals surface area contributed by atoms with Gasteiger partial charge in [-0.05, 0) is 19.8 Å². The Kier molecular flexibility index (Phi) is 3.84. The Morgan fingerprint density at radius 2 is 2.06 bits per heavy atom. The molecule has 0 aromatic rings. The molecule has 1 aliphatic rings. The molecule has 0 aromatic carbocycles. The molecule has 2 atom stereocenters. The molecule has 2 unspecified atom stereocenters. The minimum Gasteiger partial charge on any atom is -0.481 e. The molecular weight excluding hydrogens is 244 g/mol. The van der Waals surface area contributed by atoms with E-state index in [4.69, 9.17) is 5.11 Å². The molecule has 16 heavy (non-hydrogen) atoms. The predicted molar refractivity (Wildman–Crippen MR) is 51.5 cm³/mol. The fourth-order valence-electron chi connectivity index (χ4n) is 1.86. The molecule has 0 radical (unpaired) electrons. The van der Waals surface area contributed by atoms with Crippen molar-refractivity contribution in [1.82, 2.24) is 4.31 Å². The van der Waals surface area contributed by atoms with Crippen molar-refractivity contribution < 1.29 is 27.1 Å². The summed E-state index contributed by atoms with van der Waals surface area (Å²) in [7, 11) is -4.59. The number of halogens is 2. The van der Waals surface area contributed by atoms with Crippen molar-refractivity contribution in [2.45, 2.75) is 31.6 Å². The summed E-state index contributed by atoms with van der Waals surface area (Å²) in [5, 5.41) is 8.74. The lowest BCUT2D eigenvalue weighted by atomic mass is 9.93. The first-order valence-electron chi connectivity index (χ1n) is 4.78. The van der Waals surface area contributed by atoms with E-state index in [2.05, 4.69) is 0 Å². The lowest BCUT2D eigenvalue weighted by Crippen LogP contribution is -2.47. The Morgan fingerprint density at radius 1 is 1.50 bits per heavy atom. The number of sulfonamides is 1. The summed E-state index contributed by atoms with van der Waals surface area (Å²) in [6, 6.07) is -0.700. The molecule has 0 aliphatic carbocycles. The number of carbonyl (C=O) groups is 1. The molecule has 0 saturated carbocycles. The van der Waals surface area contributed by atoms with Crippen LogP contribution in [-0.2, 0) is 14.8 Å². The van der Waals surface area contributed by atoms with E-state index in [-0.39, 0.29) is 19.4 Å². The molecule has 1 heterocycles. The lowest BCUT2D eigenvalue weighted by molar-refractivity contribution is -0.143. The molecule has 5 nitrogen and oxygen atoms in total.